The van der Waals surface area contributed by atoms with Gasteiger partial charge in [0.1, 0.15) is 0 Å². The van der Waals surface area contributed by atoms with Crippen molar-refractivity contribution in [1.29, 1.82) is 0 Å². The van der Waals surface area contributed by atoms with Gasteiger partial charge in [-0.05, 0) is 104 Å². The molecule has 0 bridgehead atoms. The summed E-state index contributed by atoms with van der Waals surface area (Å²) in [5.41, 5.74) is 2.02. The Morgan fingerprint density at radius 1 is 0.967 bits per heavy atom. The fraction of sp³-hybridized carbons (Fsp3) is 0.714. The SMILES string of the molecule is CC[C@H]1C(=CS(=O)c2ccccc2)C[C@H]2[C@@H]3CCC4CCCC[C@H]4[C@H]3CC[C@]12CC. The number of hydrogen-bond donors (Lipinski definition) is 0. The van der Waals surface area contributed by atoms with Crippen molar-refractivity contribution in [2.45, 2.75) is 89.4 Å². The zero-order chi connectivity index (χ0) is 20.7. The Kier molecular flexibility index (Phi) is 5.99. The molecule has 8 atom stereocenters. The van der Waals surface area contributed by atoms with Gasteiger partial charge in [0.2, 0.25) is 0 Å². The van der Waals surface area contributed by atoms with Gasteiger partial charge in [0.15, 0.2) is 0 Å². The molecule has 2 unspecified atom stereocenters. The zero-order valence-electron chi connectivity index (χ0n) is 19.0. The van der Waals surface area contributed by atoms with E-state index < -0.39 is 10.8 Å². The minimum absolute atomic E-state index is 0.476. The monoisotopic (exact) mass is 424 g/mol. The van der Waals surface area contributed by atoms with Crippen LogP contribution in [-0.4, -0.2) is 4.21 Å². The van der Waals surface area contributed by atoms with Crippen LogP contribution < -0.4 is 0 Å². The lowest BCUT2D eigenvalue weighted by Gasteiger charge is -2.56. The van der Waals surface area contributed by atoms with E-state index >= 15 is 0 Å². The van der Waals surface area contributed by atoms with Gasteiger partial charge in [-0.1, -0.05) is 56.9 Å². The summed E-state index contributed by atoms with van der Waals surface area (Å²) in [6.45, 7) is 4.84. The number of hydrogen-bond acceptors (Lipinski definition) is 1. The van der Waals surface area contributed by atoms with Crippen LogP contribution in [0.15, 0.2) is 46.2 Å². The molecule has 4 fully saturated rings. The second-order valence-electron chi connectivity index (χ2n) is 10.8. The molecule has 1 aromatic carbocycles. The number of benzene rings is 1. The van der Waals surface area contributed by atoms with Crippen molar-refractivity contribution in [2.24, 2.45) is 40.9 Å². The van der Waals surface area contributed by atoms with Gasteiger partial charge < -0.3 is 0 Å². The summed E-state index contributed by atoms with van der Waals surface area (Å²) < 4.78 is 13.2. The molecule has 164 valence electrons. The van der Waals surface area contributed by atoms with Gasteiger partial charge in [0.25, 0.3) is 0 Å². The van der Waals surface area contributed by atoms with Crippen LogP contribution >= 0.6 is 0 Å². The van der Waals surface area contributed by atoms with E-state index in [1.165, 1.54) is 76.2 Å². The Morgan fingerprint density at radius 2 is 1.77 bits per heavy atom. The predicted molar refractivity (Wildman–Crippen MR) is 126 cm³/mol. The third-order valence-electron chi connectivity index (χ3n) is 10.0. The van der Waals surface area contributed by atoms with Crippen molar-refractivity contribution in [3.05, 3.63) is 41.3 Å². The molecule has 0 heterocycles. The highest BCUT2D eigenvalue weighted by molar-refractivity contribution is 7.88. The van der Waals surface area contributed by atoms with E-state index in [-0.39, 0.29) is 0 Å². The van der Waals surface area contributed by atoms with Crippen molar-refractivity contribution in [2.75, 3.05) is 0 Å². The van der Waals surface area contributed by atoms with Crippen LogP contribution in [0.4, 0.5) is 0 Å². The van der Waals surface area contributed by atoms with E-state index in [0.29, 0.717) is 11.3 Å². The van der Waals surface area contributed by atoms with Crippen LogP contribution in [0.25, 0.3) is 0 Å². The minimum Gasteiger partial charge on any atom is -0.250 e. The van der Waals surface area contributed by atoms with Crippen molar-refractivity contribution >= 4 is 10.8 Å². The number of allylic oxidation sites excluding steroid dienone is 1. The van der Waals surface area contributed by atoms with E-state index in [9.17, 15) is 4.21 Å². The normalized spacial score (nSPS) is 42.9. The van der Waals surface area contributed by atoms with Gasteiger partial charge in [-0.3, -0.25) is 0 Å². The topological polar surface area (TPSA) is 17.1 Å². The summed E-state index contributed by atoms with van der Waals surface area (Å²) in [6, 6.07) is 10.1. The molecule has 0 N–H and O–H groups in total. The lowest BCUT2D eigenvalue weighted by Crippen LogP contribution is -2.48. The third kappa shape index (κ3) is 3.37. The molecule has 4 saturated carbocycles. The van der Waals surface area contributed by atoms with E-state index in [0.717, 1.165) is 34.5 Å². The molecule has 0 radical (unpaired) electrons. The maximum atomic E-state index is 13.2. The van der Waals surface area contributed by atoms with Crippen molar-refractivity contribution in [3.63, 3.8) is 0 Å². The fourth-order valence-electron chi connectivity index (χ4n) is 8.87. The first kappa shape index (κ1) is 21.0. The lowest BCUT2D eigenvalue weighted by molar-refractivity contribution is -0.0714. The molecule has 0 aromatic heterocycles. The van der Waals surface area contributed by atoms with Gasteiger partial charge in [-0.15, -0.1) is 0 Å². The van der Waals surface area contributed by atoms with Crippen LogP contribution in [0.3, 0.4) is 0 Å². The highest BCUT2D eigenvalue weighted by atomic mass is 32.2. The molecule has 5 rings (SSSR count). The fourth-order valence-corrected chi connectivity index (χ4v) is 9.97. The molecule has 4 aliphatic carbocycles. The Hall–Kier alpha value is -0.890. The summed E-state index contributed by atoms with van der Waals surface area (Å²) in [5.74, 6) is 5.48. The van der Waals surface area contributed by atoms with E-state index in [4.69, 9.17) is 0 Å². The zero-order valence-corrected chi connectivity index (χ0v) is 19.8. The summed E-state index contributed by atoms with van der Waals surface area (Å²) in [5, 5.41) is 2.18. The summed E-state index contributed by atoms with van der Waals surface area (Å²) in [7, 11) is -1.01. The average Bonchev–Trinajstić information content (AvgIpc) is 3.12. The molecule has 0 spiro atoms. The first-order valence-corrected chi connectivity index (χ1v) is 14.1. The maximum absolute atomic E-state index is 13.2. The van der Waals surface area contributed by atoms with Crippen LogP contribution in [0.2, 0.25) is 0 Å². The van der Waals surface area contributed by atoms with Crippen LogP contribution in [0.1, 0.15) is 84.5 Å². The second-order valence-corrected chi connectivity index (χ2v) is 12.1. The maximum Gasteiger partial charge on any atom is 0.0775 e. The number of rotatable bonds is 4. The van der Waals surface area contributed by atoms with Crippen molar-refractivity contribution in [1.82, 2.24) is 0 Å². The van der Waals surface area contributed by atoms with E-state index in [2.05, 4.69) is 19.3 Å². The smallest absolute Gasteiger partial charge is 0.0775 e. The average molecular weight is 425 g/mol. The summed E-state index contributed by atoms with van der Waals surface area (Å²) >= 11 is 0. The van der Waals surface area contributed by atoms with Gasteiger partial charge in [-0.2, -0.15) is 0 Å². The standard InChI is InChI=1S/C28H40OS/c1-3-26-21(19-30(29)22-11-6-5-7-12-22)18-27-25-15-14-20-10-8-9-13-23(20)24(25)16-17-28(26,27)4-2/h5-7,11-12,19-20,23-27H,3-4,8-10,13-18H2,1-2H3/t20?,23-,24-,25-,26+,27+,28-,30?/m1/s1. The lowest BCUT2D eigenvalue weighted by atomic mass is 9.48. The Bertz CT molecular complexity index is 798. The molecular weight excluding hydrogens is 384 g/mol. The Morgan fingerprint density at radius 3 is 2.53 bits per heavy atom. The molecule has 1 aromatic rings. The molecule has 4 aliphatic rings. The predicted octanol–water partition coefficient (Wildman–Crippen LogP) is 7.75. The van der Waals surface area contributed by atoms with Gasteiger partial charge in [0, 0.05) is 10.3 Å². The molecule has 1 nitrogen and oxygen atoms in total. The van der Waals surface area contributed by atoms with Crippen LogP contribution in [0, 0.1) is 40.9 Å². The second kappa shape index (κ2) is 8.57. The highest BCUT2D eigenvalue weighted by Crippen LogP contribution is 2.67. The largest absolute Gasteiger partial charge is 0.250 e. The first-order valence-electron chi connectivity index (χ1n) is 12.8. The number of fused-ring (bicyclic) bond motifs is 5. The Balaban J connectivity index is 1.45. The van der Waals surface area contributed by atoms with Gasteiger partial charge in [0.05, 0.1) is 10.8 Å². The molecule has 2 heteroatoms. The van der Waals surface area contributed by atoms with Gasteiger partial charge in [-0.25, -0.2) is 4.21 Å². The molecule has 0 amide bonds. The quantitative estimate of drug-likeness (QED) is 0.483. The van der Waals surface area contributed by atoms with Crippen LogP contribution in [0.5, 0.6) is 0 Å². The summed E-state index contributed by atoms with van der Waals surface area (Å²) in [4.78, 5) is 0.959. The van der Waals surface area contributed by atoms with E-state index in [1.807, 2.05) is 30.3 Å². The molecule has 30 heavy (non-hydrogen) atoms. The Labute approximate surface area is 186 Å². The summed E-state index contributed by atoms with van der Waals surface area (Å²) in [6.07, 6.45) is 15.6. The minimum atomic E-state index is -1.01. The van der Waals surface area contributed by atoms with E-state index in [1.54, 1.807) is 0 Å². The van der Waals surface area contributed by atoms with Gasteiger partial charge >= 0.3 is 0 Å². The van der Waals surface area contributed by atoms with Crippen molar-refractivity contribution in [3.8, 4) is 0 Å². The van der Waals surface area contributed by atoms with Crippen molar-refractivity contribution < 1.29 is 4.21 Å². The molecular formula is C28H40OS. The highest BCUT2D eigenvalue weighted by Gasteiger charge is 2.58. The molecule has 0 saturated heterocycles. The first-order chi connectivity index (χ1) is 14.7. The third-order valence-corrected chi connectivity index (χ3v) is 11.3. The molecule has 0 aliphatic heterocycles. The van der Waals surface area contributed by atoms with Crippen LogP contribution in [-0.2, 0) is 10.8 Å².